The Hall–Kier alpha value is -2.26. The van der Waals surface area contributed by atoms with Crippen molar-refractivity contribution in [2.45, 2.75) is 44.8 Å². The molecule has 1 aromatic rings. The Bertz CT molecular complexity index is 636. The molecule has 1 aliphatic carbocycles. The van der Waals surface area contributed by atoms with E-state index in [-0.39, 0.29) is 16.8 Å². The topological polar surface area (TPSA) is 91.2 Å². The van der Waals surface area contributed by atoms with Crippen molar-refractivity contribution >= 4 is 23.5 Å². The summed E-state index contributed by atoms with van der Waals surface area (Å²) in [7, 11) is 0. The van der Waals surface area contributed by atoms with Gasteiger partial charge in [-0.25, -0.2) is 4.79 Å². The van der Waals surface area contributed by atoms with E-state index in [1.54, 1.807) is 6.07 Å². The molecule has 0 aromatic heterocycles. The largest absolute Gasteiger partial charge is 0.479 e. The second kappa shape index (κ2) is 7.84. The Morgan fingerprint density at radius 2 is 2.09 bits per heavy atom. The van der Waals surface area contributed by atoms with Gasteiger partial charge in [0.1, 0.15) is 5.75 Å². The van der Waals surface area contributed by atoms with Crippen molar-refractivity contribution in [3.8, 4) is 11.8 Å². The molecule has 1 saturated carbocycles. The number of urea groups is 1. The van der Waals surface area contributed by atoms with Crippen LogP contribution in [0.4, 0.5) is 4.79 Å². The molecule has 1 atom stereocenters. The predicted octanol–water partition coefficient (Wildman–Crippen LogP) is 2.75. The van der Waals surface area contributed by atoms with Crippen molar-refractivity contribution in [3.63, 3.8) is 0 Å². The van der Waals surface area contributed by atoms with Crippen LogP contribution in [0, 0.1) is 11.3 Å². The number of rotatable bonds is 4. The first-order valence-corrected chi connectivity index (χ1v) is 7.85. The molecule has 1 aromatic carbocycles. The van der Waals surface area contributed by atoms with Gasteiger partial charge in [0, 0.05) is 6.04 Å². The number of hydrogen-bond acceptors (Lipinski definition) is 4. The molecule has 23 heavy (non-hydrogen) atoms. The molecule has 0 saturated heterocycles. The number of ether oxygens (including phenoxy) is 1. The van der Waals surface area contributed by atoms with Crippen molar-refractivity contribution < 1.29 is 14.3 Å². The molecule has 0 heterocycles. The van der Waals surface area contributed by atoms with Gasteiger partial charge in [-0.3, -0.25) is 10.1 Å². The number of nitrogens with one attached hydrogen (secondary N) is 2. The van der Waals surface area contributed by atoms with E-state index in [0.717, 1.165) is 25.7 Å². The van der Waals surface area contributed by atoms with Crippen molar-refractivity contribution in [3.05, 3.63) is 28.8 Å². The average Bonchev–Trinajstić information content (AvgIpc) is 3.01. The lowest BCUT2D eigenvalue weighted by atomic mass is 10.2. The summed E-state index contributed by atoms with van der Waals surface area (Å²) in [5, 5.41) is 14.0. The quantitative estimate of drug-likeness (QED) is 0.885. The van der Waals surface area contributed by atoms with E-state index >= 15 is 0 Å². The van der Waals surface area contributed by atoms with Gasteiger partial charge in [0.15, 0.2) is 6.10 Å². The van der Waals surface area contributed by atoms with Gasteiger partial charge >= 0.3 is 6.03 Å². The molecule has 3 amide bonds. The van der Waals surface area contributed by atoms with Crippen LogP contribution in [0.25, 0.3) is 0 Å². The van der Waals surface area contributed by atoms with Crippen molar-refractivity contribution in [2.24, 2.45) is 0 Å². The van der Waals surface area contributed by atoms with Gasteiger partial charge in [-0.1, -0.05) is 24.4 Å². The smallest absolute Gasteiger partial charge is 0.321 e. The maximum atomic E-state index is 12.0. The standard InChI is InChI=1S/C16H18ClN3O3/c1-10(23-14-7-6-11(9-18)8-13(14)17)15(21)20-16(22)19-12-4-2-3-5-12/h6-8,10,12H,2-5H2,1H3,(H2,19,20,21,22). The Balaban J connectivity index is 1.87. The average molecular weight is 336 g/mol. The molecule has 0 radical (unpaired) electrons. The van der Waals surface area contributed by atoms with Gasteiger partial charge in [-0.2, -0.15) is 5.26 Å². The summed E-state index contributed by atoms with van der Waals surface area (Å²) in [5.74, 6) is -0.273. The second-order valence-corrected chi connectivity index (χ2v) is 5.87. The van der Waals surface area contributed by atoms with E-state index in [1.807, 2.05) is 6.07 Å². The van der Waals surface area contributed by atoms with Gasteiger partial charge < -0.3 is 10.1 Å². The van der Waals surface area contributed by atoms with Crippen LogP contribution in [0.5, 0.6) is 5.75 Å². The number of imide groups is 1. The summed E-state index contributed by atoms with van der Waals surface area (Å²) in [6.07, 6.45) is 3.17. The first kappa shape index (κ1) is 17.1. The SMILES string of the molecule is CC(Oc1ccc(C#N)cc1Cl)C(=O)NC(=O)NC1CCCC1. The fraction of sp³-hybridized carbons (Fsp3) is 0.438. The number of nitriles is 1. The highest BCUT2D eigenvalue weighted by atomic mass is 35.5. The number of benzene rings is 1. The molecule has 1 unspecified atom stereocenters. The van der Waals surface area contributed by atoms with Gasteiger partial charge in [0.25, 0.3) is 5.91 Å². The Kier molecular flexibility index (Phi) is 5.83. The maximum Gasteiger partial charge on any atom is 0.321 e. The summed E-state index contributed by atoms with van der Waals surface area (Å²) >= 11 is 5.99. The van der Waals surface area contributed by atoms with Crippen LogP contribution >= 0.6 is 11.6 Å². The minimum atomic E-state index is -0.894. The fourth-order valence-corrected chi connectivity index (χ4v) is 2.64. The molecular formula is C16H18ClN3O3. The first-order valence-electron chi connectivity index (χ1n) is 7.47. The van der Waals surface area contributed by atoms with E-state index in [4.69, 9.17) is 21.6 Å². The highest BCUT2D eigenvalue weighted by molar-refractivity contribution is 6.32. The molecule has 0 spiro atoms. The van der Waals surface area contributed by atoms with Crippen molar-refractivity contribution in [1.29, 1.82) is 5.26 Å². The van der Waals surface area contributed by atoms with Gasteiger partial charge in [0.05, 0.1) is 16.7 Å². The van der Waals surface area contributed by atoms with Crippen LogP contribution in [-0.4, -0.2) is 24.1 Å². The number of amides is 3. The van der Waals surface area contributed by atoms with Crippen LogP contribution in [0.1, 0.15) is 38.2 Å². The molecule has 1 fully saturated rings. The molecule has 1 aliphatic rings. The lowest BCUT2D eigenvalue weighted by molar-refractivity contribution is -0.126. The fourth-order valence-electron chi connectivity index (χ4n) is 2.42. The van der Waals surface area contributed by atoms with Gasteiger partial charge in [-0.15, -0.1) is 0 Å². The molecule has 2 rings (SSSR count). The first-order chi connectivity index (χ1) is 11.0. The Morgan fingerprint density at radius 1 is 1.39 bits per heavy atom. The third-order valence-electron chi connectivity index (χ3n) is 3.66. The lowest BCUT2D eigenvalue weighted by Gasteiger charge is -2.17. The third-order valence-corrected chi connectivity index (χ3v) is 3.96. The van der Waals surface area contributed by atoms with Crippen LogP contribution in [0.15, 0.2) is 18.2 Å². The lowest BCUT2D eigenvalue weighted by Crippen LogP contribution is -2.47. The number of carbonyl (C=O) groups is 2. The highest BCUT2D eigenvalue weighted by Crippen LogP contribution is 2.26. The molecule has 2 N–H and O–H groups in total. The third kappa shape index (κ3) is 4.86. The number of carbonyl (C=O) groups excluding carboxylic acids is 2. The highest BCUT2D eigenvalue weighted by Gasteiger charge is 2.21. The minimum Gasteiger partial charge on any atom is -0.479 e. The summed E-state index contributed by atoms with van der Waals surface area (Å²) in [6, 6.07) is 6.09. The Labute approximate surface area is 139 Å². The summed E-state index contributed by atoms with van der Waals surface area (Å²) in [4.78, 5) is 23.7. The predicted molar refractivity (Wildman–Crippen MR) is 85.2 cm³/mol. The Morgan fingerprint density at radius 3 is 2.70 bits per heavy atom. The van der Waals surface area contributed by atoms with E-state index < -0.39 is 18.0 Å². The van der Waals surface area contributed by atoms with E-state index in [9.17, 15) is 9.59 Å². The molecular weight excluding hydrogens is 318 g/mol. The van der Waals surface area contributed by atoms with E-state index in [0.29, 0.717) is 5.56 Å². The maximum absolute atomic E-state index is 12.0. The summed E-state index contributed by atoms with van der Waals surface area (Å²) in [6.45, 7) is 1.52. The normalized spacial score (nSPS) is 15.5. The van der Waals surface area contributed by atoms with Crippen LogP contribution < -0.4 is 15.4 Å². The van der Waals surface area contributed by atoms with Gasteiger partial charge in [-0.05, 0) is 38.0 Å². The monoisotopic (exact) mass is 335 g/mol. The van der Waals surface area contributed by atoms with Gasteiger partial charge in [0.2, 0.25) is 0 Å². The molecule has 0 bridgehead atoms. The molecule has 0 aliphatic heterocycles. The zero-order valence-corrected chi connectivity index (χ0v) is 13.5. The molecule has 7 heteroatoms. The zero-order valence-electron chi connectivity index (χ0n) is 12.8. The van der Waals surface area contributed by atoms with Crippen molar-refractivity contribution in [2.75, 3.05) is 0 Å². The summed E-state index contributed by atoms with van der Waals surface area (Å²) < 4.78 is 5.44. The number of halogens is 1. The van der Waals surface area contributed by atoms with Crippen molar-refractivity contribution in [1.82, 2.24) is 10.6 Å². The minimum absolute atomic E-state index is 0.131. The molecule has 6 nitrogen and oxygen atoms in total. The molecule has 122 valence electrons. The van der Waals surface area contributed by atoms with Crippen LogP contribution in [0.3, 0.4) is 0 Å². The van der Waals surface area contributed by atoms with Crippen LogP contribution in [-0.2, 0) is 4.79 Å². The number of hydrogen-bond donors (Lipinski definition) is 2. The second-order valence-electron chi connectivity index (χ2n) is 5.46. The number of nitrogens with zero attached hydrogens (tertiary/aromatic N) is 1. The van der Waals surface area contributed by atoms with E-state index in [2.05, 4.69) is 10.6 Å². The van der Waals surface area contributed by atoms with Crippen LogP contribution in [0.2, 0.25) is 5.02 Å². The van der Waals surface area contributed by atoms with E-state index in [1.165, 1.54) is 19.1 Å². The zero-order chi connectivity index (χ0) is 16.8. The summed E-state index contributed by atoms with van der Waals surface area (Å²) in [5.41, 5.74) is 0.399.